The standard InChI is InChI=1S/C60H54N4/c1-7-19-46(20-8-1)52-37-53(47-21-9-2-10-22-47)41-58(40-52)61-31-34-64(35-32-62-59-42-54(48-23-11-3-12-24-48)38-55(43-59)49-25-13-4-14-26-49)36-33-63-60-44-56(50-27-15-5-16-28-50)39-57(45-60)51-29-17-6-18-30-51/h1-30,37-45,61-63H,31-36H2. The molecule has 0 fully saturated rings. The molecule has 9 aromatic rings. The lowest BCUT2D eigenvalue weighted by Gasteiger charge is -2.24. The third-order valence-corrected chi connectivity index (χ3v) is 11.7. The van der Waals surface area contributed by atoms with Gasteiger partial charge in [0, 0.05) is 56.3 Å². The molecule has 0 radical (unpaired) electrons. The van der Waals surface area contributed by atoms with Crippen LogP contribution >= 0.6 is 0 Å². The molecule has 0 heterocycles. The molecule has 0 spiro atoms. The summed E-state index contributed by atoms with van der Waals surface area (Å²) in [5.74, 6) is 0. The van der Waals surface area contributed by atoms with E-state index in [1.165, 1.54) is 66.8 Å². The van der Waals surface area contributed by atoms with Crippen molar-refractivity contribution in [1.82, 2.24) is 4.90 Å². The summed E-state index contributed by atoms with van der Waals surface area (Å²) < 4.78 is 0. The maximum Gasteiger partial charge on any atom is 0.0353 e. The first kappa shape index (κ1) is 41.7. The summed E-state index contributed by atoms with van der Waals surface area (Å²) in [4.78, 5) is 2.56. The summed E-state index contributed by atoms with van der Waals surface area (Å²) in [7, 11) is 0. The lowest BCUT2D eigenvalue weighted by atomic mass is 9.98. The fourth-order valence-electron chi connectivity index (χ4n) is 8.38. The minimum atomic E-state index is 0.801. The largest absolute Gasteiger partial charge is 0.384 e. The third-order valence-electron chi connectivity index (χ3n) is 11.7. The van der Waals surface area contributed by atoms with Gasteiger partial charge in [-0.2, -0.15) is 0 Å². The first-order valence-corrected chi connectivity index (χ1v) is 22.4. The first-order valence-electron chi connectivity index (χ1n) is 22.4. The van der Waals surface area contributed by atoms with Crippen molar-refractivity contribution in [2.75, 3.05) is 55.2 Å². The number of hydrogen-bond donors (Lipinski definition) is 3. The van der Waals surface area contributed by atoms with Crippen molar-refractivity contribution in [2.45, 2.75) is 0 Å². The second kappa shape index (κ2) is 20.9. The van der Waals surface area contributed by atoms with Crippen molar-refractivity contribution in [3.05, 3.63) is 237 Å². The molecule has 0 amide bonds. The van der Waals surface area contributed by atoms with Gasteiger partial charge in [-0.05, 0) is 121 Å². The smallest absolute Gasteiger partial charge is 0.0353 e. The lowest BCUT2D eigenvalue weighted by Crippen LogP contribution is -2.36. The average molecular weight is 831 g/mol. The van der Waals surface area contributed by atoms with Gasteiger partial charge in [0.15, 0.2) is 0 Å². The molecule has 0 aliphatic rings. The van der Waals surface area contributed by atoms with E-state index in [9.17, 15) is 0 Å². The molecule has 0 bridgehead atoms. The van der Waals surface area contributed by atoms with Crippen LogP contribution in [0.5, 0.6) is 0 Å². The molecule has 3 N–H and O–H groups in total. The monoisotopic (exact) mass is 830 g/mol. The van der Waals surface area contributed by atoms with Gasteiger partial charge >= 0.3 is 0 Å². The Hall–Kier alpha value is -7.66. The highest BCUT2D eigenvalue weighted by Gasteiger charge is 2.11. The van der Waals surface area contributed by atoms with E-state index in [1.54, 1.807) is 0 Å². The van der Waals surface area contributed by atoms with E-state index in [-0.39, 0.29) is 0 Å². The summed E-state index contributed by atoms with van der Waals surface area (Å²) in [6.45, 7) is 5.02. The van der Waals surface area contributed by atoms with Crippen molar-refractivity contribution in [3.8, 4) is 66.8 Å². The van der Waals surface area contributed by atoms with E-state index >= 15 is 0 Å². The molecular weight excluding hydrogens is 777 g/mol. The maximum atomic E-state index is 3.83. The molecule has 0 aliphatic carbocycles. The van der Waals surface area contributed by atoms with Gasteiger partial charge in [-0.15, -0.1) is 0 Å². The molecule has 4 heteroatoms. The van der Waals surface area contributed by atoms with Crippen LogP contribution in [-0.4, -0.2) is 44.2 Å². The van der Waals surface area contributed by atoms with Gasteiger partial charge in [-0.3, -0.25) is 4.90 Å². The van der Waals surface area contributed by atoms with Crippen LogP contribution in [0, 0.1) is 0 Å². The highest BCUT2D eigenvalue weighted by molar-refractivity contribution is 5.80. The van der Waals surface area contributed by atoms with Crippen LogP contribution in [0.1, 0.15) is 0 Å². The van der Waals surface area contributed by atoms with Crippen molar-refractivity contribution >= 4 is 17.1 Å². The first-order chi connectivity index (χ1) is 31.7. The van der Waals surface area contributed by atoms with E-state index in [1.807, 2.05) is 0 Å². The summed E-state index contributed by atoms with van der Waals surface area (Å²) in [5.41, 5.74) is 17.8. The molecule has 64 heavy (non-hydrogen) atoms. The van der Waals surface area contributed by atoms with Crippen LogP contribution in [-0.2, 0) is 0 Å². The van der Waals surface area contributed by atoms with Gasteiger partial charge in [0.2, 0.25) is 0 Å². The Morgan fingerprint density at radius 3 is 0.594 bits per heavy atom. The third kappa shape index (κ3) is 11.0. The van der Waals surface area contributed by atoms with Crippen LogP contribution in [0.3, 0.4) is 0 Å². The quantitative estimate of drug-likeness (QED) is 0.0806. The average Bonchev–Trinajstić information content (AvgIpc) is 3.37. The predicted molar refractivity (Wildman–Crippen MR) is 274 cm³/mol. The Labute approximate surface area is 378 Å². The van der Waals surface area contributed by atoms with Crippen molar-refractivity contribution in [1.29, 1.82) is 0 Å². The Balaban J connectivity index is 0.947. The summed E-state index contributed by atoms with van der Waals surface area (Å²) in [6, 6.07) is 84.6. The van der Waals surface area contributed by atoms with Crippen LogP contribution in [0.2, 0.25) is 0 Å². The summed E-state index contributed by atoms with van der Waals surface area (Å²) >= 11 is 0. The van der Waals surface area contributed by atoms with Crippen LogP contribution in [0.25, 0.3) is 66.8 Å². The Morgan fingerprint density at radius 2 is 0.406 bits per heavy atom. The topological polar surface area (TPSA) is 39.3 Å². The van der Waals surface area contributed by atoms with Gasteiger partial charge in [-0.25, -0.2) is 0 Å². The van der Waals surface area contributed by atoms with E-state index in [0.29, 0.717) is 0 Å². The van der Waals surface area contributed by atoms with Crippen molar-refractivity contribution in [3.63, 3.8) is 0 Å². The van der Waals surface area contributed by atoms with Gasteiger partial charge in [-0.1, -0.05) is 182 Å². The Morgan fingerprint density at radius 1 is 0.219 bits per heavy atom. The SMILES string of the molecule is c1ccc(-c2cc(NCCN(CCNc3cc(-c4ccccc4)cc(-c4ccccc4)c3)CCNc3cc(-c4ccccc4)cc(-c4ccccc4)c3)cc(-c3ccccc3)c2)cc1. The number of benzene rings is 9. The van der Waals surface area contributed by atoms with E-state index < -0.39 is 0 Å². The molecular formula is C60H54N4. The molecule has 0 aromatic heterocycles. The zero-order chi connectivity index (χ0) is 43.2. The van der Waals surface area contributed by atoms with E-state index in [0.717, 1.165) is 56.3 Å². The Bertz CT molecular complexity index is 2340. The van der Waals surface area contributed by atoms with Crippen LogP contribution in [0.4, 0.5) is 17.1 Å². The van der Waals surface area contributed by atoms with Crippen LogP contribution < -0.4 is 16.0 Å². The molecule has 9 aromatic carbocycles. The minimum Gasteiger partial charge on any atom is -0.384 e. The number of nitrogens with one attached hydrogen (secondary N) is 3. The maximum absolute atomic E-state index is 3.83. The predicted octanol–water partition coefficient (Wildman–Crippen LogP) is 14.6. The highest BCUT2D eigenvalue weighted by Crippen LogP contribution is 2.33. The minimum absolute atomic E-state index is 0.801. The van der Waals surface area contributed by atoms with Crippen LogP contribution in [0.15, 0.2) is 237 Å². The van der Waals surface area contributed by atoms with Crippen molar-refractivity contribution < 1.29 is 0 Å². The number of nitrogens with zero attached hydrogens (tertiary/aromatic N) is 1. The lowest BCUT2D eigenvalue weighted by molar-refractivity contribution is 0.306. The second-order valence-electron chi connectivity index (χ2n) is 16.2. The zero-order valence-electron chi connectivity index (χ0n) is 36.2. The molecule has 0 unspecified atom stereocenters. The molecule has 0 aliphatic heterocycles. The summed E-state index contributed by atoms with van der Waals surface area (Å²) in [6.07, 6.45) is 0. The molecule has 314 valence electrons. The number of anilines is 3. The molecule has 0 saturated heterocycles. The summed E-state index contributed by atoms with van der Waals surface area (Å²) in [5, 5.41) is 11.5. The molecule has 9 rings (SSSR count). The van der Waals surface area contributed by atoms with Gasteiger partial charge < -0.3 is 16.0 Å². The molecule has 4 nitrogen and oxygen atoms in total. The van der Waals surface area contributed by atoms with E-state index in [4.69, 9.17) is 0 Å². The van der Waals surface area contributed by atoms with Gasteiger partial charge in [0.25, 0.3) is 0 Å². The molecule has 0 atom stereocenters. The molecule has 0 saturated carbocycles. The zero-order valence-corrected chi connectivity index (χ0v) is 36.2. The second-order valence-corrected chi connectivity index (χ2v) is 16.2. The van der Waals surface area contributed by atoms with Crippen molar-refractivity contribution in [2.24, 2.45) is 0 Å². The fraction of sp³-hybridized carbons (Fsp3) is 0.100. The Kier molecular flexibility index (Phi) is 13.6. The fourth-order valence-corrected chi connectivity index (χ4v) is 8.38. The number of hydrogen-bond acceptors (Lipinski definition) is 4. The van der Waals surface area contributed by atoms with Gasteiger partial charge in [0.1, 0.15) is 0 Å². The number of rotatable bonds is 18. The normalized spacial score (nSPS) is 11.0. The van der Waals surface area contributed by atoms with Gasteiger partial charge in [0.05, 0.1) is 0 Å². The highest BCUT2D eigenvalue weighted by atomic mass is 15.2. The van der Waals surface area contributed by atoms with E-state index in [2.05, 4.69) is 257 Å².